The predicted octanol–water partition coefficient (Wildman–Crippen LogP) is 3.29. The van der Waals surface area contributed by atoms with Crippen LogP contribution >= 0.6 is 11.8 Å². The molecule has 7 nitrogen and oxygen atoms in total. The summed E-state index contributed by atoms with van der Waals surface area (Å²) in [5, 5.41) is 8.05. The van der Waals surface area contributed by atoms with Crippen molar-refractivity contribution in [1.29, 1.82) is 0 Å². The van der Waals surface area contributed by atoms with E-state index in [9.17, 15) is 9.59 Å². The zero-order valence-corrected chi connectivity index (χ0v) is 16.0. The van der Waals surface area contributed by atoms with Gasteiger partial charge >= 0.3 is 6.03 Å². The van der Waals surface area contributed by atoms with E-state index < -0.39 is 0 Å². The number of anilines is 2. The van der Waals surface area contributed by atoms with Crippen molar-refractivity contribution in [3.63, 3.8) is 0 Å². The van der Waals surface area contributed by atoms with Crippen LogP contribution in [0.1, 0.15) is 5.82 Å². The highest BCUT2D eigenvalue weighted by atomic mass is 32.2. The molecule has 0 aliphatic rings. The minimum absolute atomic E-state index is 0.155. The molecule has 0 radical (unpaired) electrons. The van der Waals surface area contributed by atoms with Crippen LogP contribution < -0.4 is 16.0 Å². The minimum atomic E-state index is -0.315. The highest BCUT2D eigenvalue weighted by molar-refractivity contribution is 7.97. The maximum Gasteiger partial charge on any atom is 0.318 e. The number of aromatic nitrogens is 2. The molecule has 3 amide bonds. The number of carbonyl (C=O) groups is 2. The minimum Gasteiger partial charge on any atom is -0.341 e. The second-order valence-corrected chi connectivity index (χ2v) is 6.74. The summed E-state index contributed by atoms with van der Waals surface area (Å²) in [7, 11) is 1.54. The number of nitrogens with zero attached hydrogens (tertiary/aromatic N) is 2. The molecular weight excluding hydrogens is 362 g/mol. The standard InChI is InChI=1S/C19H21N5O2S/c1-20-19(26)22-14-7-5-6-13(10-14)21-18(25)11-24-16-9-4-3-8-15(16)23-17(24)12-27-2/h3-10H,11-12H2,1-2H3,(H,21,25)(H2,20,22,26). The quantitative estimate of drug-likeness (QED) is 0.609. The molecule has 2 aromatic carbocycles. The lowest BCUT2D eigenvalue weighted by Crippen LogP contribution is -2.24. The lowest BCUT2D eigenvalue weighted by atomic mass is 10.2. The Morgan fingerprint density at radius 1 is 1.07 bits per heavy atom. The van der Waals surface area contributed by atoms with Gasteiger partial charge in [-0.25, -0.2) is 9.78 Å². The summed E-state index contributed by atoms with van der Waals surface area (Å²) in [5.41, 5.74) is 3.03. The number of benzene rings is 2. The summed E-state index contributed by atoms with van der Waals surface area (Å²) in [4.78, 5) is 28.7. The largest absolute Gasteiger partial charge is 0.341 e. The number of para-hydroxylation sites is 2. The van der Waals surface area contributed by atoms with Gasteiger partial charge in [-0.3, -0.25) is 4.79 Å². The third kappa shape index (κ3) is 4.59. The molecular formula is C19H21N5O2S. The molecule has 0 atom stereocenters. The Balaban J connectivity index is 1.76. The van der Waals surface area contributed by atoms with Gasteiger partial charge in [-0.1, -0.05) is 18.2 Å². The van der Waals surface area contributed by atoms with Gasteiger partial charge in [-0.15, -0.1) is 0 Å². The summed E-state index contributed by atoms with van der Waals surface area (Å²) in [6.07, 6.45) is 2.01. The number of thioether (sulfide) groups is 1. The van der Waals surface area contributed by atoms with Gasteiger partial charge < -0.3 is 20.5 Å². The summed E-state index contributed by atoms with van der Waals surface area (Å²) in [5.74, 6) is 1.44. The number of hydrogen-bond donors (Lipinski definition) is 3. The molecule has 0 spiro atoms. The monoisotopic (exact) mass is 383 g/mol. The SMILES string of the molecule is CNC(=O)Nc1cccc(NC(=O)Cn2c(CSC)nc3ccccc32)c1. The van der Waals surface area contributed by atoms with Crippen molar-refractivity contribution < 1.29 is 9.59 Å². The molecule has 0 aliphatic heterocycles. The van der Waals surface area contributed by atoms with Crippen molar-refractivity contribution in [2.24, 2.45) is 0 Å². The van der Waals surface area contributed by atoms with Crippen molar-refractivity contribution in [1.82, 2.24) is 14.9 Å². The molecule has 0 aliphatic carbocycles. The van der Waals surface area contributed by atoms with E-state index in [0.717, 1.165) is 22.6 Å². The van der Waals surface area contributed by atoms with Gasteiger partial charge in [-0.2, -0.15) is 11.8 Å². The molecule has 1 heterocycles. The molecule has 3 N–H and O–H groups in total. The molecule has 140 valence electrons. The van der Waals surface area contributed by atoms with Gasteiger partial charge in [0.25, 0.3) is 0 Å². The van der Waals surface area contributed by atoms with Gasteiger partial charge in [0.05, 0.1) is 16.8 Å². The molecule has 0 saturated carbocycles. The molecule has 0 bridgehead atoms. The van der Waals surface area contributed by atoms with Gasteiger partial charge in [0.15, 0.2) is 0 Å². The fourth-order valence-corrected chi connectivity index (χ4v) is 3.23. The van der Waals surface area contributed by atoms with Gasteiger partial charge in [-0.05, 0) is 36.6 Å². The van der Waals surface area contributed by atoms with E-state index in [4.69, 9.17) is 0 Å². The van der Waals surface area contributed by atoms with Crippen molar-refractivity contribution in [2.75, 3.05) is 23.9 Å². The lowest BCUT2D eigenvalue weighted by molar-refractivity contribution is -0.116. The smallest absolute Gasteiger partial charge is 0.318 e. The summed E-state index contributed by atoms with van der Waals surface area (Å²) < 4.78 is 1.94. The summed E-state index contributed by atoms with van der Waals surface area (Å²) in [6.45, 7) is 0.170. The highest BCUT2D eigenvalue weighted by Crippen LogP contribution is 2.20. The molecule has 3 rings (SSSR count). The van der Waals surface area contributed by atoms with E-state index in [0.29, 0.717) is 11.4 Å². The molecule has 0 saturated heterocycles. The number of rotatable bonds is 6. The molecule has 27 heavy (non-hydrogen) atoms. The van der Waals surface area contributed by atoms with Crippen LogP contribution in [0, 0.1) is 0 Å². The number of fused-ring (bicyclic) bond motifs is 1. The van der Waals surface area contributed by atoms with Crippen molar-refractivity contribution >= 4 is 46.1 Å². The molecule has 8 heteroatoms. The van der Waals surface area contributed by atoms with Crippen LogP contribution in [-0.4, -0.2) is 34.8 Å². The Kier molecular flexibility index (Phi) is 5.97. The Hall–Kier alpha value is -3.00. The van der Waals surface area contributed by atoms with E-state index in [1.165, 1.54) is 0 Å². The van der Waals surface area contributed by atoms with Crippen LogP contribution in [0.15, 0.2) is 48.5 Å². The Morgan fingerprint density at radius 2 is 1.81 bits per heavy atom. The average molecular weight is 383 g/mol. The molecule has 0 unspecified atom stereocenters. The maximum absolute atomic E-state index is 12.6. The average Bonchev–Trinajstić information content (AvgIpc) is 2.99. The van der Waals surface area contributed by atoms with Gasteiger partial charge in [0.1, 0.15) is 12.4 Å². The molecule has 0 fully saturated rings. The molecule has 3 aromatic rings. The van der Waals surface area contributed by atoms with Gasteiger partial charge in [0.2, 0.25) is 5.91 Å². The van der Waals surface area contributed by atoms with Crippen LogP contribution in [0.4, 0.5) is 16.2 Å². The number of amides is 3. The number of urea groups is 1. The zero-order valence-electron chi connectivity index (χ0n) is 15.2. The molecule has 1 aromatic heterocycles. The third-order valence-electron chi connectivity index (χ3n) is 3.94. The van der Waals surface area contributed by atoms with E-state index in [2.05, 4.69) is 20.9 Å². The van der Waals surface area contributed by atoms with Gasteiger partial charge in [0, 0.05) is 18.4 Å². The fraction of sp³-hybridized carbons (Fsp3) is 0.211. The summed E-state index contributed by atoms with van der Waals surface area (Å²) in [6, 6.07) is 14.5. The van der Waals surface area contributed by atoms with Crippen LogP contribution in [0.25, 0.3) is 11.0 Å². The zero-order chi connectivity index (χ0) is 19.2. The topological polar surface area (TPSA) is 88.0 Å². The first-order valence-corrected chi connectivity index (χ1v) is 9.82. The summed E-state index contributed by atoms with van der Waals surface area (Å²) >= 11 is 1.66. The van der Waals surface area contributed by atoms with Crippen LogP contribution in [0.3, 0.4) is 0 Å². The number of nitrogens with one attached hydrogen (secondary N) is 3. The second kappa shape index (κ2) is 8.59. The van der Waals surface area contributed by atoms with E-state index >= 15 is 0 Å². The first-order chi connectivity index (χ1) is 13.1. The van der Waals surface area contributed by atoms with Crippen molar-refractivity contribution in [3.8, 4) is 0 Å². The number of hydrogen-bond acceptors (Lipinski definition) is 4. The highest BCUT2D eigenvalue weighted by Gasteiger charge is 2.13. The van der Waals surface area contributed by atoms with Crippen LogP contribution in [0.5, 0.6) is 0 Å². The first-order valence-electron chi connectivity index (χ1n) is 8.42. The van der Waals surface area contributed by atoms with E-state index in [1.807, 2.05) is 35.1 Å². The maximum atomic E-state index is 12.6. The Morgan fingerprint density at radius 3 is 2.56 bits per heavy atom. The second-order valence-electron chi connectivity index (χ2n) is 5.87. The number of imidazole rings is 1. The van der Waals surface area contributed by atoms with E-state index in [1.54, 1.807) is 43.1 Å². The Labute approximate surface area is 161 Å². The van der Waals surface area contributed by atoms with Crippen molar-refractivity contribution in [2.45, 2.75) is 12.3 Å². The van der Waals surface area contributed by atoms with Crippen LogP contribution in [-0.2, 0) is 17.1 Å². The first kappa shape index (κ1) is 18.8. The van der Waals surface area contributed by atoms with Crippen LogP contribution in [0.2, 0.25) is 0 Å². The van der Waals surface area contributed by atoms with E-state index in [-0.39, 0.29) is 18.5 Å². The number of carbonyl (C=O) groups excluding carboxylic acids is 2. The normalized spacial score (nSPS) is 10.6. The fourth-order valence-electron chi connectivity index (χ4n) is 2.75. The Bertz CT molecular complexity index is 970. The third-order valence-corrected chi connectivity index (χ3v) is 4.49. The predicted molar refractivity (Wildman–Crippen MR) is 110 cm³/mol. The lowest BCUT2D eigenvalue weighted by Gasteiger charge is -2.11. The van der Waals surface area contributed by atoms with Crippen molar-refractivity contribution in [3.05, 3.63) is 54.4 Å².